The number of carbonyl (C=O) groups is 1. The molecule has 0 spiro atoms. The second-order valence-electron chi connectivity index (χ2n) is 3.92. The van der Waals surface area contributed by atoms with E-state index in [-0.39, 0.29) is 12.5 Å². The lowest BCUT2D eigenvalue weighted by Crippen LogP contribution is -2.31. The third kappa shape index (κ3) is 3.96. The van der Waals surface area contributed by atoms with Crippen LogP contribution in [0.3, 0.4) is 0 Å². The first kappa shape index (κ1) is 13.4. The van der Waals surface area contributed by atoms with E-state index in [2.05, 4.69) is 15.2 Å². The zero-order valence-electron chi connectivity index (χ0n) is 10.3. The Bertz CT molecular complexity index is 527. The summed E-state index contributed by atoms with van der Waals surface area (Å²) in [6.07, 6.45) is 1.40. The molecule has 1 N–H and O–H groups in total. The Balaban J connectivity index is 1.82. The SMILES string of the molecule is CN(Cc1ncn[nH]1)C(=O)COc1ccc(Cl)cc1. The quantitative estimate of drug-likeness (QED) is 0.901. The zero-order valence-corrected chi connectivity index (χ0v) is 11.1. The molecule has 7 heteroatoms. The number of aromatic amines is 1. The smallest absolute Gasteiger partial charge is 0.260 e. The number of benzene rings is 1. The van der Waals surface area contributed by atoms with Crippen LogP contribution in [0.2, 0.25) is 5.02 Å². The number of nitrogens with zero attached hydrogens (tertiary/aromatic N) is 3. The summed E-state index contributed by atoms with van der Waals surface area (Å²) in [5, 5.41) is 7.04. The van der Waals surface area contributed by atoms with Gasteiger partial charge in [-0.2, -0.15) is 5.10 Å². The fourth-order valence-electron chi connectivity index (χ4n) is 1.41. The number of halogens is 1. The highest BCUT2D eigenvalue weighted by Crippen LogP contribution is 2.15. The molecule has 0 bridgehead atoms. The first-order valence-corrected chi connectivity index (χ1v) is 5.99. The molecule has 1 heterocycles. The molecule has 0 aliphatic carbocycles. The van der Waals surface area contributed by atoms with Gasteiger partial charge in [-0.25, -0.2) is 4.98 Å². The van der Waals surface area contributed by atoms with Crippen molar-refractivity contribution in [1.29, 1.82) is 0 Å². The average Bonchev–Trinajstić information content (AvgIpc) is 2.90. The Labute approximate surface area is 115 Å². The minimum absolute atomic E-state index is 0.0354. The number of hydrogen-bond acceptors (Lipinski definition) is 4. The van der Waals surface area contributed by atoms with Crippen LogP contribution in [0.4, 0.5) is 0 Å². The van der Waals surface area contributed by atoms with Crippen molar-refractivity contribution < 1.29 is 9.53 Å². The number of ether oxygens (including phenoxy) is 1. The number of nitrogens with one attached hydrogen (secondary N) is 1. The minimum Gasteiger partial charge on any atom is -0.484 e. The molecule has 0 fully saturated rings. The standard InChI is InChI=1S/C12H13ClN4O2/c1-17(6-11-14-8-15-16-11)12(18)7-19-10-4-2-9(13)3-5-10/h2-5,8H,6-7H2,1H3,(H,14,15,16). The van der Waals surface area contributed by atoms with E-state index in [0.717, 1.165) is 0 Å². The van der Waals surface area contributed by atoms with Gasteiger partial charge in [0.15, 0.2) is 6.61 Å². The second-order valence-corrected chi connectivity index (χ2v) is 4.36. The molecule has 0 unspecified atom stereocenters. The van der Waals surface area contributed by atoms with Gasteiger partial charge in [0.1, 0.15) is 17.9 Å². The Morgan fingerprint density at radius 3 is 2.79 bits per heavy atom. The molecule has 19 heavy (non-hydrogen) atoms. The number of aromatic nitrogens is 3. The van der Waals surface area contributed by atoms with E-state index in [0.29, 0.717) is 23.1 Å². The van der Waals surface area contributed by atoms with Crippen LogP contribution in [0.5, 0.6) is 5.75 Å². The van der Waals surface area contributed by atoms with Crippen molar-refractivity contribution in [3.8, 4) is 5.75 Å². The first-order chi connectivity index (χ1) is 9.15. The van der Waals surface area contributed by atoms with Gasteiger partial charge in [-0.1, -0.05) is 11.6 Å². The van der Waals surface area contributed by atoms with Crippen LogP contribution in [0.15, 0.2) is 30.6 Å². The molecule has 2 rings (SSSR count). The minimum atomic E-state index is -0.147. The van der Waals surface area contributed by atoms with E-state index in [9.17, 15) is 4.79 Å². The summed E-state index contributed by atoms with van der Waals surface area (Å²) in [5.74, 6) is 1.08. The summed E-state index contributed by atoms with van der Waals surface area (Å²) in [6.45, 7) is 0.328. The van der Waals surface area contributed by atoms with E-state index in [1.807, 2.05) is 0 Å². The maximum absolute atomic E-state index is 11.8. The maximum atomic E-state index is 11.8. The predicted molar refractivity (Wildman–Crippen MR) is 69.8 cm³/mol. The Morgan fingerprint density at radius 1 is 1.42 bits per heavy atom. The highest BCUT2D eigenvalue weighted by molar-refractivity contribution is 6.30. The molecular formula is C12H13ClN4O2. The van der Waals surface area contributed by atoms with Gasteiger partial charge in [-0.3, -0.25) is 9.89 Å². The summed E-state index contributed by atoms with van der Waals surface area (Å²) >= 11 is 5.76. The third-order valence-corrected chi connectivity index (χ3v) is 2.71. The van der Waals surface area contributed by atoms with Gasteiger partial charge in [-0.15, -0.1) is 0 Å². The van der Waals surface area contributed by atoms with E-state index in [4.69, 9.17) is 16.3 Å². The van der Waals surface area contributed by atoms with E-state index >= 15 is 0 Å². The average molecular weight is 281 g/mol. The van der Waals surface area contributed by atoms with Crippen molar-refractivity contribution in [2.45, 2.75) is 6.54 Å². The van der Waals surface area contributed by atoms with Gasteiger partial charge in [0, 0.05) is 12.1 Å². The number of H-pyrrole nitrogens is 1. The highest BCUT2D eigenvalue weighted by atomic mass is 35.5. The van der Waals surface area contributed by atoms with Crippen LogP contribution in [0.25, 0.3) is 0 Å². The summed E-state index contributed by atoms with van der Waals surface area (Å²) in [5.41, 5.74) is 0. The molecule has 1 amide bonds. The van der Waals surface area contributed by atoms with Crippen LogP contribution in [0.1, 0.15) is 5.82 Å². The topological polar surface area (TPSA) is 71.1 Å². The number of amides is 1. The lowest BCUT2D eigenvalue weighted by molar-refractivity contribution is -0.132. The molecule has 0 aliphatic heterocycles. The van der Waals surface area contributed by atoms with Gasteiger partial charge < -0.3 is 9.64 Å². The summed E-state index contributed by atoms with van der Waals surface area (Å²) < 4.78 is 5.37. The lowest BCUT2D eigenvalue weighted by atomic mass is 10.3. The second kappa shape index (κ2) is 6.19. The zero-order chi connectivity index (χ0) is 13.7. The van der Waals surface area contributed by atoms with E-state index < -0.39 is 0 Å². The van der Waals surface area contributed by atoms with Crippen molar-refractivity contribution in [3.05, 3.63) is 41.4 Å². The van der Waals surface area contributed by atoms with Gasteiger partial charge in [0.25, 0.3) is 5.91 Å². The number of carbonyl (C=O) groups excluding carboxylic acids is 1. The van der Waals surface area contributed by atoms with Crippen LogP contribution >= 0.6 is 11.6 Å². The van der Waals surface area contributed by atoms with Crippen LogP contribution < -0.4 is 4.74 Å². The molecule has 1 aromatic carbocycles. The van der Waals surface area contributed by atoms with Crippen LogP contribution in [0, 0.1) is 0 Å². The van der Waals surface area contributed by atoms with Crippen molar-refractivity contribution in [2.75, 3.05) is 13.7 Å². The van der Waals surface area contributed by atoms with Crippen molar-refractivity contribution in [1.82, 2.24) is 20.1 Å². The van der Waals surface area contributed by atoms with Crippen molar-refractivity contribution >= 4 is 17.5 Å². The molecule has 0 saturated heterocycles. The summed E-state index contributed by atoms with van der Waals surface area (Å²) in [6, 6.07) is 6.84. The van der Waals surface area contributed by atoms with Crippen LogP contribution in [-0.4, -0.2) is 39.6 Å². The Kier molecular flexibility index (Phi) is 4.35. The molecule has 0 saturated carbocycles. The number of hydrogen-bond donors (Lipinski definition) is 1. The first-order valence-electron chi connectivity index (χ1n) is 5.62. The summed E-state index contributed by atoms with van der Waals surface area (Å²) in [7, 11) is 1.68. The molecule has 0 radical (unpaired) electrons. The normalized spacial score (nSPS) is 10.2. The molecule has 100 valence electrons. The molecule has 0 aliphatic rings. The summed E-state index contributed by atoms with van der Waals surface area (Å²) in [4.78, 5) is 17.3. The largest absolute Gasteiger partial charge is 0.484 e. The Hall–Kier alpha value is -2.08. The molecular weight excluding hydrogens is 268 g/mol. The van der Waals surface area contributed by atoms with Gasteiger partial charge in [0.2, 0.25) is 0 Å². The van der Waals surface area contributed by atoms with Gasteiger partial charge in [-0.05, 0) is 24.3 Å². The van der Waals surface area contributed by atoms with Gasteiger partial charge in [0.05, 0.1) is 6.54 Å². The van der Waals surface area contributed by atoms with Crippen molar-refractivity contribution in [2.24, 2.45) is 0 Å². The van der Waals surface area contributed by atoms with Crippen molar-refractivity contribution in [3.63, 3.8) is 0 Å². The molecule has 1 aromatic heterocycles. The van der Waals surface area contributed by atoms with Gasteiger partial charge >= 0.3 is 0 Å². The predicted octanol–water partition coefficient (Wildman–Crippen LogP) is 1.50. The molecule has 0 atom stereocenters. The van der Waals surface area contributed by atoms with Crippen LogP contribution in [-0.2, 0) is 11.3 Å². The Morgan fingerprint density at radius 2 is 2.16 bits per heavy atom. The fourth-order valence-corrected chi connectivity index (χ4v) is 1.53. The van der Waals surface area contributed by atoms with E-state index in [1.54, 1.807) is 31.3 Å². The monoisotopic (exact) mass is 280 g/mol. The molecule has 2 aromatic rings. The molecule has 6 nitrogen and oxygen atoms in total. The third-order valence-electron chi connectivity index (χ3n) is 2.45. The maximum Gasteiger partial charge on any atom is 0.260 e. The highest BCUT2D eigenvalue weighted by Gasteiger charge is 2.11. The van der Waals surface area contributed by atoms with E-state index in [1.165, 1.54) is 11.2 Å². The lowest BCUT2D eigenvalue weighted by Gasteiger charge is -2.15. The fraction of sp³-hybridized carbons (Fsp3) is 0.250. The number of likely N-dealkylation sites (N-methyl/N-ethyl adjacent to an activating group) is 1. The number of rotatable bonds is 5.